The third-order valence-electron chi connectivity index (χ3n) is 2.28. The van der Waals surface area contributed by atoms with E-state index in [4.69, 9.17) is 9.84 Å². The lowest BCUT2D eigenvalue weighted by atomic mass is 10.1. The van der Waals surface area contributed by atoms with Gasteiger partial charge in [-0.1, -0.05) is 0 Å². The Labute approximate surface area is 127 Å². The lowest BCUT2D eigenvalue weighted by molar-refractivity contribution is -0.385. The summed E-state index contributed by atoms with van der Waals surface area (Å²) >= 11 is 0. The second-order valence-electron chi connectivity index (χ2n) is 3.74. The monoisotopic (exact) mass is 317 g/mol. The molecule has 0 amide bonds. The molecule has 0 saturated heterocycles. The fourth-order valence-corrected chi connectivity index (χ4v) is 1.34. The number of hydrogen-bond donors (Lipinski definition) is 2. The van der Waals surface area contributed by atoms with Gasteiger partial charge in [-0.3, -0.25) is 10.1 Å². The molecule has 0 saturated carbocycles. The number of phenols is 1. The molecule has 0 atom stereocenters. The number of carbonyl (C=O) groups is 1. The Kier molecular flexibility index (Phi) is 9.23. The molecule has 0 heterocycles. The number of aromatic hydroxyl groups is 1. The Morgan fingerprint density at radius 2 is 2.00 bits per heavy atom. The number of carbonyl (C=O) groups excluding carboxylic acids is 1. The third-order valence-corrected chi connectivity index (χ3v) is 2.28. The number of hydrogen-bond acceptors (Lipinski definition) is 8. The van der Waals surface area contributed by atoms with Gasteiger partial charge in [0.05, 0.1) is 37.9 Å². The first-order chi connectivity index (χ1) is 10.4. The maximum absolute atomic E-state index is 11.4. The molecule has 1 rings (SSSR count). The van der Waals surface area contributed by atoms with Crippen LogP contribution in [0.4, 0.5) is 5.69 Å². The summed E-state index contributed by atoms with van der Waals surface area (Å²) < 4.78 is 13.8. The van der Waals surface area contributed by atoms with E-state index in [-0.39, 0.29) is 30.3 Å². The van der Waals surface area contributed by atoms with Crippen LogP contribution in [0.15, 0.2) is 12.1 Å². The maximum atomic E-state index is 11.4. The third kappa shape index (κ3) is 5.94. The molecule has 0 aromatic heterocycles. The van der Waals surface area contributed by atoms with E-state index in [0.717, 1.165) is 12.1 Å². The molecule has 1 aromatic rings. The van der Waals surface area contributed by atoms with Gasteiger partial charge in [0.2, 0.25) is 0 Å². The minimum atomic E-state index is -0.864. The van der Waals surface area contributed by atoms with Crippen molar-refractivity contribution in [1.82, 2.24) is 0 Å². The molecule has 9 nitrogen and oxygen atoms in total. The van der Waals surface area contributed by atoms with Crippen LogP contribution in [-0.4, -0.2) is 55.1 Å². The van der Waals surface area contributed by atoms with Gasteiger partial charge < -0.3 is 24.4 Å². The largest absolute Gasteiger partial charge is 0.504 e. The van der Waals surface area contributed by atoms with Crippen molar-refractivity contribution in [1.29, 1.82) is 0 Å². The lowest BCUT2D eigenvalue weighted by Crippen LogP contribution is -2.08. The highest BCUT2D eigenvalue weighted by Crippen LogP contribution is 2.33. The summed E-state index contributed by atoms with van der Waals surface area (Å²) in [6.07, 6.45) is 0. The molecule has 22 heavy (non-hydrogen) atoms. The van der Waals surface area contributed by atoms with Crippen LogP contribution < -0.4 is 4.74 Å². The maximum Gasteiger partial charge on any atom is 0.345 e. The van der Waals surface area contributed by atoms with Crippen molar-refractivity contribution < 1.29 is 34.1 Å². The highest BCUT2D eigenvalue weighted by Gasteiger charge is 2.24. The van der Waals surface area contributed by atoms with Gasteiger partial charge in [0.15, 0.2) is 11.5 Å². The number of phenolic OH excluding ortho intramolecular Hbond substituents is 1. The van der Waals surface area contributed by atoms with E-state index in [1.54, 1.807) is 14.0 Å². The fourth-order valence-electron chi connectivity index (χ4n) is 1.34. The molecule has 0 radical (unpaired) electrons. The van der Waals surface area contributed by atoms with E-state index in [2.05, 4.69) is 9.47 Å². The van der Waals surface area contributed by atoms with Gasteiger partial charge in [0.1, 0.15) is 5.56 Å². The van der Waals surface area contributed by atoms with Crippen LogP contribution in [0.2, 0.25) is 0 Å². The molecule has 0 aliphatic rings. The highest BCUT2D eigenvalue weighted by molar-refractivity contribution is 5.95. The van der Waals surface area contributed by atoms with E-state index in [9.17, 15) is 20.0 Å². The number of benzene rings is 1. The normalized spacial score (nSPS) is 9.45. The van der Waals surface area contributed by atoms with Crippen molar-refractivity contribution >= 4 is 11.7 Å². The Morgan fingerprint density at radius 1 is 1.36 bits per heavy atom. The summed E-state index contributed by atoms with van der Waals surface area (Å²) in [7, 11) is 2.80. The van der Waals surface area contributed by atoms with Gasteiger partial charge in [-0.05, 0) is 6.92 Å². The highest BCUT2D eigenvalue weighted by atomic mass is 16.6. The van der Waals surface area contributed by atoms with Crippen molar-refractivity contribution in [2.45, 2.75) is 6.92 Å². The molecular weight excluding hydrogens is 298 g/mol. The molecular formula is C13H19NO8. The van der Waals surface area contributed by atoms with Crippen LogP contribution in [0.3, 0.4) is 0 Å². The summed E-state index contributed by atoms with van der Waals surface area (Å²) in [4.78, 5) is 21.5. The molecule has 2 N–H and O–H groups in total. The van der Waals surface area contributed by atoms with E-state index in [0.29, 0.717) is 6.61 Å². The standard InChI is InChI=1S/C10H11NO6.C3H8O2/c1-3-17-10(13)6-4-8(12)9(16-2)5-7(6)11(14)15;1-5-3-2-4/h4-5,12H,3H2,1-2H3;4H,2-3H2,1H3. The SMILES string of the molecule is CCOC(=O)c1cc(O)c(OC)cc1[N+](=O)[O-].COCCO. The predicted molar refractivity (Wildman–Crippen MR) is 76.2 cm³/mol. The number of ether oxygens (including phenoxy) is 3. The molecule has 0 aliphatic carbocycles. The fraction of sp³-hybridized carbons (Fsp3) is 0.462. The number of methoxy groups -OCH3 is 2. The Hall–Kier alpha value is -2.39. The number of nitrogens with zero attached hydrogens (tertiary/aromatic N) is 1. The van der Waals surface area contributed by atoms with Crippen LogP contribution in [0.5, 0.6) is 11.5 Å². The van der Waals surface area contributed by atoms with Crippen LogP contribution in [0.25, 0.3) is 0 Å². The van der Waals surface area contributed by atoms with Gasteiger partial charge in [0, 0.05) is 13.2 Å². The van der Waals surface area contributed by atoms with Gasteiger partial charge in [-0.25, -0.2) is 4.79 Å². The molecule has 0 bridgehead atoms. The van der Waals surface area contributed by atoms with E-state index >= 15 is 0 Å². The molecule has 124 valence electrons. The number of aliphatic hydroxyl groups excluding tert-OH is 1. The average molecular weight is 317 g/mol. The van der Waals surface area contributed by atoms with Crippen LogP contribution in [-0.2, 0) is 9.47 Å². The second-order valence-corrected chi connectivity index (χ2v) is 3.74. The predicted octanol–water partition coefficient (Wildman–Crippen LogP) is 1.11. The zero-order valence-corrected chi connectivity index (χ0v) is 12.6. The summed E-state index contributed by atoms with van der Waals surface area (Å²) in [5, 5.41) is 28.2. The first-order valence-corrected chi connectivity index (χ1v) is 6.25. The quantitative estimate of drug-likeness (QED) is 0.453. The number of esters is 1. The van der Waals surface area contributed by atoms with Gasteiger partial charge in [0.25, 0.3) is 5.69 Å². The minimum Gasteiger partial charge on any atom is -0.504 e. The smallest absolute Gasteiger partial charge is 0.345 e. The Bertz CT molecular complexity index is 501. The van der Waals surface area contributed by atoms with Gasteiger partial charge in [-0.2, -0.15) is 0 Å². The molecule has 0 aliphatic heterocycles. The summed E-state index contributed by atoms with van der Waals surface area (Å²) in [6.45, 7) is 2.23. The number of nitro groups is 1. The van der Waals surface area contributed by atoms with Crippen molar-refractivity contribution in [3.05, 3.63) is 27.8 Å². The van der Waals surface area contributed by atoms with E-state index < -0.39 is 16.6 Å². The number of aliphatic hydroxyl groups is 1. The topological polar surface area (TPSA) is 128 Å². The van der Waals surface area contributed by atoms with Crippen molar-refractivity contribution in [2.75, 3.05) is 34.0 Å². The second kappa shape index (κ2) is 10.4. The van der Waals surface area contributed by atoms with Crippen LogP contribution in [0, 0.1) is 10.1 Å². The Morgan fingerprint density at radius 3 is 2.36 bits per heavy atom. The first-order valence-electron chi connectivity index (χ1n) is 6.25. The lowest BCUT2D eigenvalue weighted by Gasteiger charge is -2.07. The molecule has 0 unspecified atom stereocenters. The number of rotatable bonds is 6. The van der Waals surface area contributed by atoms with E-state index in [1.807, 2.05) is 0 Å². The Balaban J connectivity index is 0.000000763. The molecule has 0 fully saturated rings. The van der Waals surface area contributed by atoms with Crippen LogP contribution >= 0.6 is 0 Å². The minimum absolute atomic E-state index is 0.0789. The first kappa shape index (κ1) is 19.6. The number of nitro benzene ring substituents is 1. The summed E-state index contributed by atoms with van der Waals surface area (Å²) in [5.74, 6) is -1.30. The average Bonchev–Trinajstić information content (AvgIpc) is 2.48. The van der Waals surface area contributed by atoms with Crippen molar-refractivity contribution in [2.24, 2.45) is 0 Å². The molecule has 1 aromatic carbocycles. The van der Waals surface area contributed by atoms with Crippen LogP contribution in [0.1, 0.15) is 17.3 Å². The van der Waals surface area contributed by atoms with Crippen molar-refractivity contribution in [3.63, 3.8) is 0 Å². The summed E-state index contributed by atoms with van der Waals surface area (Å²) in [5.41, 5.74) is -0.784. The zero-order valence-electron chi connectivity index (χ0n) is 12.6. The molecule has 9 heteroatoms. The molecule has 0 spiro atoms. The van der Waals surface area contributed by atoms with E-state index in [1.165, 1.54) is 7.11 Å². The van der Waals surface area contributed by atoms with Gasteiger partial charge in [-0.15, -0.1) is 0 Å². The summed E-state index contributed by atoms with van der Waals surface area (Å²) in [6, 6.07) is 1.93. The van der Waals surface area contributed by atoms with Crippen molar-refractivity contribution in [3.8, 4) is 11.5 Å². The zero-order chi connectivity index (χ0) is 17.1. The van der Waals surface area contributed by atoms with Gasteiger partial charge >= 0.3 is 5.97 Å².